The highest BCUT2D eigenvalue weighted by Crippen LogP contribution is 2.59. The maximum absolute atomic E-state index is 14.9. The highest BCUT2D eigenvalue weighted by atomic mass is 32.1. The largest absolute Gasteiger partial charge is 0.352 e. The number of carbonyl (C=O) groups excluding carboxylic acids is 3. The number of aryl methyl sites for hydroxylation is 2. The Bertz CT molecular complexity index is 1770. The van der Waals surface area contributed by atoms with Crippen LogP contribution in [0.25, 0.3) is 5.57 Å². The summed E-state index contributed by atoms with van der Waals surface area (Å²) in [6, 6.07) is 23.8. The minimum absolute atomic E-state index is 0.135. The van der Waals surface area contributed by atoms with Crippen molar-refractivity contribution in [2.24, 2.45) is 5.92 Å². The molecular weight excluding hydrogens is 540 g/mol. The molecule has 1 spiro atoms. The lowest BCUT2D eigenvalue weighted by molar-refractivity contribution is -0.121. The summed E-state index contributed by atoms with van der Waals surface area (Å²) in [5.41, 5.74) is 5.90. The van der Waals surface area contributed by atoms with E-state index in [1.165, 1.54) is 11.3 Å². The van der Waals surface area contributed by atoms with Crippen LogP contribution in [0, 0.1) is 12.8 Å². The highest BCUT2D eigenvalue weighted by Gasteiger charge is 2.70. The topological polar surface area (TPSA) is 66.5 Å². The number of nitrogens with one attached hydrogen (secondary N) is 1. The number of thiophene rings is 1. The molecule has 1 N–H and O–H groups in total. The minimum Gasteiger partial charge on any atom is -0.352 e. The molecule has 3 aromatic carbocycles. The van der Waals surface area contributed by atoms with E-state index in [1.807, 2.05) is 78.2 Å². The zero-order chi connectivity index (χ0) is 29.2. The average Bonchev–Trinajstić information content (AvgIpc) is 3.70. The molecule has 0 aliphatic carbocycles. The summed E-state index contributed by atoms with van der Waals surface area (Å²) in [6.45, 7) is 6.23. The zero-order valence-corrected chi connectivity index (χ0v) is 24.7. The third-order valence-electron chi connectivity index (χ3n) is 9.22. The number of benzene rings is 3. The molecule has 1 fully saturated rings. The number of amides is 1. The summed E-state index contributed by atoms with van der Waals surface area (Å²) in [7, 11) is 0. The van der Waals surface area contributed by atoms with Crippen LogP contribution in [0.15, 0.2) is 90.3 Å². The minimum atomic E-state index is -1.29. The van der Waals surface area contributed by atoms with Gasteiger partial charge >= 0.3 is 0 Å². The van der Waals surface area contributed by atoms with Gasteiger partial charge in [0, 0.05) is 22.5 Å². The Morgan fingerprint density at radius 3 is 2.48 bits per heavy atom. The molecule has 1 aromatic heterocycles. The Hall–Kier alpha value is -4.29. The SMILES string of the molecule is CCCc1ccc(C(=O)C2C(C(=O)c3cccs3)N3c4ccc(C)cc4C(C)=CC3C23C(=O)Nc2ccccc23)cc1. The predicted molar refractivity (Wildman–Crippen MR) is 169 cm³/mol. The number of rotatable bonds is 6. The number of carbonyl (C=O) groups is 3. The van der Waals surface area contributed by atoms with Gasteiger partial charge in [0.1, 0.15) is 11.5 Å². The summed E-state index contributed by atoms with van der Waals surface area (Å²) in [4.78, 5) is 46.7. The van der Waals surface area contributed by atoms with Crippen molar-refractivity contribution in [3.8, 4) is 0 Å². The molecule has 210 valence electrons. The Balaban J connectivity index is 1.52. The summed E-state index contributed by atoms with van der Waals surface area (Å²) in [6.07, 6.45) is 4.04. The molecule has 5 nitrogen and oxygen atoms in total. The van der Waals surface area contributed by atoms with Crippen molar-refractivity contribution in [3.63, 3.8) is 0 Å². The van der Waals surface area contributed by atoms with Crippen LogP contribution in [0.3, 0.4) is 0 Å². The first-order valence-corrected chi connectivity index (χ1v) is 15.4. The van der Waals surface area contributed by atoms with Gasteiger partial charge in [0.25, 0.3) is 0 Å². The molecule has 1 amide bonds. The van der Waals surface area contributed by atoms with E-state index < -0.39 is 23.4 Å². The molecular formula is C36H32N2O3S. The van der Waals surface area contributed by atoms with Crippen molar-refractivity contribution in [2.75, 3.05) is 10.2 Å². The molecule has 7 rings (SSSR count). The van der Waals surface area contributed by atoms with Crippen LogP contribution < -0.4 is 10.2 Å². The first-order chi connectivity index (χ1) is 20.4. The quantitative estimate of drug-likeness (QED) is 0.247. The lowest BCUT2D eigenvalue weighted by Gasteiger charge is -2.39. The molecule has 0 radical (unpaired) electrons. The number of Topliss-reactive ketones (excluding diaryl/α,β-unsaturated/α-hetero) is 2. The zero-order valence-electron chi connectivity index (χ0n) is 23.9. The summed E-state index contributed by atoms with van der Waals surface area (Å²) in [5.74, 6) is -1.51. The molecule has 3 aliphatic heterocycles. The predicted octanol–water partition coefficient (Wildman–Crippen LogP) is 7.26. The van der Waals surface area contributed by atoms with Gasteiger partial charge in [0.05, 0.1) is 16.8 Å². The Morgan fingerprint density at radius 1 is 0.952 bits per heavy atom. The first kappa shape index (κ1) is 26.6. The van der Waals surface area contributed by atoms with Crippen LogP contribution in [0.5, 0.6) is 0 Å². The van der Waals surface area contributed by atoms with E-state index in [2.05, 4.69) is 43.1 Å². The van der Waals surface area contributed by atoms with Crippen molar-refractivity contribution in [1.29, 1.82) is 0 Å². The molecule has 0 bridgehead atoms. The number of ketones is 2. The second-order valence-corrected chi connectivity index (χ2v) is 12.6. The van der Waals surface area contributed by atoms with Gasteiger partial charge in [-0.2, -0.15) is 0 Å². The number of hydrogen-bond acceptors (Lipinski definition) is 5. The van der Waals surface area contributed by atoms with Gasteiger partial charge in [-0.1, -0.05) is 79.6 Å². The average molecular weight is 573 g/mol. The number of allylic oxidation sites excluding steroid dienone is 1. The van der Waals surface area contributed by atoms with E-state index in [1.54, 1.807) is 0 Å². The van der Waals surface area contributed by atoms with Crippen molar-refractivity contribution < 1.29 is 14.4 Å². The molecule has 42 heavy (non-hydrogen) atoms. The van der Waals surface area contributed by atoms with E-state index in [0.717, 1.165) is 46.4 Å². The Labute approximate surface area is 249 Å². The van der Waals surface area contributed by atoms with E-state index in [9.17, 15) is 14.4 Å². The summed E-state index contributed by atoms with van der Waals surface area (Å²) in [5, 5.41) is 4.99. The normalized spacial score (nSPS) is 23.7. The van der Waals surface area contributed by atoms with Crippen molar-refractivity contribution >= 4 is 45.8 Å². The third-order valence-corrected chi connectivity index (χ3v) is 10.1. The van der Waals surface area contributed by atoms with Crippen LogP contribution in [0.1, 0.15) is 62.6 Å². The molecule has 6 heteroatoms. The molecule has 1 saturated heterocycles. The van der Waals surface area contributed by atoms with Gasteiger partial charge in [-0.3, -0.25) is 14.4 Å². The fraction of sp³-hybridized carbons (Fsp3) is 0.250. The number of nitrogens with zero attached hydrogens (tertiary/aromatic N) is 1. The lowest BCUT2D eigenvalue weighted by atomic mass is 9.64. The maximum Gasteiger partial charge on any atom is 0.238 e. The molecule has 4 unspecified atom stereocenters. The third kappa shape index (κ3) is 3.71. The first-order valence-electron chi connectivity index (χ1n) is 14.6. The fourth-order valence-corrected chi connectivity index (χ4v) is 8.11. The number of para-hydroxylation sites is 1. The number of hydrogen-bond donors (Lipinski definition) is 1. The summed E-state index contributed by atoms with van der Waals surface area (Å²) >= 11 is 1.37. The molecule has 4 aromatic rings. The van der Waals surface area contributed by atoms with E-state index in [-0.39, 0.29) is 17.5 Å². The van der Waals surface area contributed by atoms with E-state index in [4.69, 9.17) is 0 Å². The Kier molecular flexibility index (Phi) is 6.28. The second-order valence-electron chi connectivity index (χ2n) is 11.7. The molecule has 4 heterocycles. The van der Waals surface area contributed by atoms with Crippen LogP contribution in [0.4, 0.5) is 11.4 Å². The van der Waals surface area contributed by atoms with Gasteiger partial charge in [0.2, 0.25) is 5.91 Å². The smallest absolute Gasteiger partial charge is 0.238 e. The fourth-order valence-electron chi connectivity index (χ4n) is 7.41. The number of fused-ring (bicyclic) bond motifs is 6. The molecule has 0 saturated carbocycles. The summed E-state index contributed by atoms with van der Waals surface area (Å²) < 4.78 is 0. The molecule has 3 aliphatic rings. The van der Waals surface area contributed by atoms with Gasteiger partial charge in [-0.15, -0.1) is 11.3 Å². The van der Waals surface area contributed by atoms with Gasteiger partial charge in [0.15, 0.2) is 11.6 Å². The van der Waals surface area contributed by atoms with Crippen LogP contribution in [-0.2, 0) is 16.6 Å². The van der Waals surface area contributed by atoms with Crippen LogP contribution in [-0.4, -0.2) is 29.6 Å². The van der Waals surface area contributed by atoms with Crippen molar-refractivity contribution in [3.05, 3.63) is 123 Å². The van der Waals surface area contributed by atoms with Crippen LogP contribution >= 0.6 is 11.3 Å². The van der Waals surface area contributed by atoms with Crippen molar-refractivity contribution in [2.45, 2.75) is 51.1 Å². The number of anilines is 2. The van der Waals surface area contributed by atoms with Crippen LogP contribution in [0.2, 0.25) is 0 Å². The van der Waals surface area contributed by atoms with E-state index >= 15 is 0 Å². The monoisotopic (exact) mass is 572 g/mol. The second kappa shape index (κ2) is 9.92. The van der Waals surface area contributed by atoms with E-state index in [0.29, 0.717) is 16.1 Å². The van der Waals surface area contributed by atoms with Gasteiger partial charge < -0.3 is 10.2 Å². The van der Waals surface area contributed by atoms with Gasteiger partial charge in [-0.25, -0.2) is 0 Å². The maximum atomic E-state index is 14.9. The Morgan fingerprint density at radius 2 is 1.74 bits per heavy atom. The molecule has 4 atom stereocenters. The van der Waals surface area contributed by atoms with Gasteiger partial charge in [-0.05, 0) is 66.6 Å². The lowest BCUT2D eigenvalue weighted by Crippen LogP contribution is -2.51. The van der Waals surface area contributed by atoms with Crippen molar-refractivity contribution in [1.82, 2.24) is 0 Å². The standard InChI is InChI=1S/C36H32N2O3S/c1-4-8-23-13-15-24(16-14-23)33(39)31-32(34(40)29-11-7-18-42-29)38-28-17-12-21(2)19-25(28)22(3)20-30(38)36(31)26-9-5-6-10-27(26)37-35(36)41/h5-7,9-20,30-32H,4,8H2,1-3H3,(H,37,41). The highest BCUT2D eigenvalue weighted by molar-refractivity contribution is 7.12.